The molecule has 2 amide bonds. The number of aromatic nitrogens is 1. The predicted molar refractivity (Wildman–Crippen MR) is 128 cm³/mol. The predicted octanol–water partition coefficient (Wildman–Crippen LogP) is 2.70. The molecule has 1 aromatic heterocycles. The van der Waals surface area contributed by atoms with Gasteiger partial charge in [0.15, 0.2) is 0 Å². The molecule has 2 heterocycles. The number of para-hydroxylation sites is 1. The lowest BCUT2D eigenvalue weighted by atomic mass is 10.1. The Morgan fingerprint density at radius 1 is 0.970 bits per heavy atom. The molecule has 8 heteroatoms. The van der Waals surface area contributed by atoms with Crippen LogP contribution in [0.3, 0.4) is 0 Å². The van der Waals surface area contributed by atoms with Crippen molar-refractivity contribution in [3.63, 3.8) is 0 Å². The van der Waals surface area contributed by atoms with Crippen molar-refractivity contribution in [2.75, 3.05) is 44.2 Å². The molecule has 8 nitrogen and oxygen atoms in total. The van der Waals surface area contributed by atoms with Crippen LogP contribution in [0.5, 0.6) is 5.75 Å². The second kappa shape index (κ2) is 10.2. The van der Waals surface area contributed by atoms with Crippen LogP contribution >= 0.6 is 0 Å². The van der Waals surface area contributed by atoms with Crippen LogP contribution in [0.4, 0.5) is 10.5 Å². The smallest absolute Gasteiger partial charge is 0.410 e. The second-order valence-corrected chi connectivity index (χ2v) is 8.04. The minimum Gasteiger partial charge on any atom is -0.410 e. The molecule has 3 N–H and O–H groups in total. The summed E-state index contributed by atoms with van der Waals surface area (Å²) in [5.74, 6) is -0.0553. The molecule has 3 aromatic rings. The van der Waals surface area contributed by atoms with E-state index in [1.165, 1.54) is 5.69 Å². The van der Waals surface area contributed by atoms with Crippen LogP contribution in [0.1, 0.15) is 10.5 Å². The summed E-state index contributed by atoms with van der Waals surface area (Å²) >= 11 is 0. The number of carbonyl (C=O) groups excluding carboxylic acids is 2. The Bertz CT molecular complexity index is 1100. The summed E-state index contributed by atoms with van der Waals surface area (Å²) in [5, 5.41) is 2.83. The molecule has 0 aliphatic carbocycles. The fourth-order valence-corrected chi connectivity index (χ4v) is 4.10. The molecule has 1 saturated heterocycles. The lowest BCUT2D eigenvalue weighted by Crippen LogP contribution is -2.48. The number of benzene rings is 2. The van der Waals surface area contributed by atoms with E-state index < -0.39 is 12.0 Å². The third-order valence-corrected chi connectivity index (χ3v) is 5.91. The number of piperazine rings is 1. The molecule has 4 rings (SSSR count). The van der Waals surface area contributed by atoms with Crippen molar-refractivity contribution in [3.05, 3.63) is 72.4 Å². The van der Waals surface area contributed by atoms with Crippen molar-refractivity contribution in [2.45, 2.75) is 0 Å². The monoisotopic (exact) mass is 447 g/mol. The van der Waals surface area contributed by atoms with E-state index in [0.717, 1.165) is 44.0 Å². The summed E-state index contributed by atoms with van der Waals surface area (Å²) in [6.07, 6.45) is -0.486. The minimum atomic E-state index is -0.489. The number of hydrogen-bond donors (Lipinski definition) is 2. The van der Waals surface area contributed by atoms with Gasteiger partial charge in [-0.1, -0.05) is 30.3 Å². The highest BCUT2D eigenvalue weighted by Crippen LogP contribution is 2.25. The van der Waals surface area contributed by atoms with E-state index >= 15 is 0 Å². The quantitative estimate of drug-likeness (QED) is 0.581. The molecule has 0 saturated carbocycles. The highest BCUT2D eigenvalue weighted by Gasteiger charge is 2.17. The number of rotatable bonds is 7. The number of hydrogen-bond acceptors (Lipinski definition) is 5. The van der Waals surface area contributed by atoms with Gasteiger partial charge < -0.3 is 25.3 Å². The topological polar surface area (TPSA) is 92.8 Å². The number of carbonyl (C=O) groups is 2. The third-order valence-electron chi connectivity index (χ3n) is 5.91. The van der Waals surface area contributed by atoms with Crippen LogP contribution in [0.25, 0.3) is 11.3 Å². The molecule has 0 radical (unpaired) electrons. The highest BCUT2D eigenvalue weighted by atomic mass is 16.6. The lowest BCUT2D eigenvalue weighted by Gasteiger charge is -2.36. The van der Waals surface area contributed by atoms with E-state index in [0.29, 0.717) is 18.0 Å². The van der Waals surface area contributed by atoms with Crippen molar-refractivity contribution in [3.8, 4) is 17.0 Å². The fraction of sp³-hybridized carbons (Fsp3) is 0.280. The molecule has 33 heavy (non-hydrogen) atoms. The van der Waals surface area contributed by atoms with Crippen molar-refractivity contribution in [1.82, 2.24) is 14.8 Å². The van der Waals surface area contributed by atoms with Crippen LogP contribution in [0, 0.1) is 0 Å². The van der Waals surface area contributed by atoms with Gasteiger partial charge in [0.2, 0.25) is 0 Å². The van der Waals surface area contributed by atoms with Crippen LogP contribution in [-0.4, -0.2) is 60.7 Å². The molecule has 2 aromatic carbocycles. The van der Waals surface area contributed by atoms with E-state index in [-0.39, 0.29) is 0 Å². The van der Waals surface area contributed by atoms with Crippen LogP contribution in [-0.2, 0) is 7.05 Å². The van der Waals surface area contributed by atoms with Gasteiger partial charge in [0.1, 0.15) is 11.4 Å². The Hall–Kier alpha value is -3.78. The summed E-state index contributed by atoms with van der Waals surface area (Å²) in [5.41, 5.74) is 8.70. The minimum absolute atomic E-state index is 0.415. The Morgan fingerprint density at radius 3 is 2.42 bits per heavy atom. The Morgan fingerprint density at radius 2 is 1.73 bits per heavy atom. The van der Waals surface area contributed by atoms with Gasteiger partial charge in [0.25, 0.3) is 5.91 Å². The zero-order chi connectivity index (χ0) is 23.2. The summed E-state index contributed by atoms with van der Waals surface area (Å²) < 4.78 is 7.18. The molecule has 172 valence electrons. The molecule has 0 unspecified atom stereocenters. The first-order chi connectivity index (χ1) is 16.0. The maximum Gasteiger partial charge on any atom is 0.412 e. The van der Waals surface area contributed by atoms with Crippen LogP contribution in [0.2, 0.25) is 0 Å². The Labute approximate surface area is 193 Å². The summed E-state index contributed by atoms with van der Waals surface area (Å²) in [6.45, 7) is 5.14. The summed E-state index contributed by atoms with van der Waals surface area (Å²) in [6, 6.07) is 21.1. The van der Waals surface area contributed by atoms with E-state index in [4.69, 9.17) is 10.5 Å². The zero-order valence-corrected chi connectivity index (χ0v) is 18.7. The number of primary amides is 1. The van der Waals surface area contributed by atoms with Gasteiger partial charge in [-0.15, -0.1) is 0 Å². The largest absolute Gasteiger partial charge is 0.412 e. The molecule has 1 fully saturated rings. The maximum absolute atomic E-state index is 12.3. The molecule has 0 atom stereocenters. The molecule has 1 aliphatic heterocycles. The van der Waals surface area contributed by atoms with Gasteiger partial charge in [0.05, 0.1) is 0 Å². The first-order valence-corrected chi connectivity index (χ1v) is 11.1. The standard InChI is InChI=1S/C25H29N5O3/c1-28-22(10-11-23(28)24(26)31)19-6-5-9-21(18-19)33-25(32)27-12-13-29-14-16-30(17-15-29)20-7-3-2-4-8-20/h2-11,18H,12-17H2,1H3,(H2,26,31)(H,27,32). The average Bonchev–Trinajstić information content (AvgIpc) is 3.22. The van der Waals surface area contributed by atoms with Crippen molar-refractivity contribution < 1.29 is 14.3 Å². The second-order valence-electron chi connectivity index (χ2n) is 8.04. The van der Waals surface area contributed by atoms with Crippen LogP contribution in [0.15, 0.2) is 66.7 Å². The summed E-state index contributed by atoms with van der Waals surface area (Å²) in [7, 11) is 1.77. The average molecular weight is 448 g/mol. The van der Waals surface area contributed by atoms with Gasteiger partial charge in [0, 0.05) is 63.3 Å². The molecule has 0 bridgehead atoms. The normalized spacial score (nSPS) is 14.2. The summed E-state index contributed by atoms with van der Waals surface area (Å²) in [4.78, 5) is 28.5. The highest BCUT2D eigenvalue weighted by molar-refractivity contribution is 5.92. The van der Waals surface area contributed by atoms with Crippen molar-refractivity contribution in [1.29, 1.82) is 0 Å². The maximum atomic E-state index is 12.3. The number of ether oxygens (including phenoxy) is 1. The van der Waals surface area contributed by atoms with Crippen molar-refractivity contribution >= 4 is 17.7 Å². The van der Waals surface area contributed by atoms with E-state index in [2.05, 4.69) is 39.4 Å². The molecular weight excluding hydrogens is 418 g/mol. The molecular formula is C25H29N5O3. The van der Waals surface area contributed by atoms with Gasteiger partial charge in [-0.05, 0) is 36.4 Å². The van der Waals surface area contributed by atoms with E-state index in [1.807, 2.05) is 18.2 Å². The number of nitrogens with one attached hydrogen (secondary N) is 1. The first kappa shape index (κ1) is 22.4. The number of amides is 2. The fourth-order valence-electron chi connectivity index (χ4n) is 4.10. The molecule has 1 aliphatic rings. The third kappa shape index (κ3) is 5.53. The van der Waals surface area contributed by atoms with Crippen molar-refractivity contribution in [2.24, 2.45) is 12.8 Å². The van der Waals surface area contributed by atoms with Crippen LogP contribution < -0.4 is 20.7 Å². The first-order valence-electron chi connectivity index (χ1n) is 11.1. The SMILES string of the molecule is Cn1c(C(N)=O)ccc1-c1cccc(OC(=O)NCCN2CCN(c3ccccc3)CC2)c1. The Kier molecular flexibility index (Phi) is 6.95. The van der Waals surface area contributed by atoms with E-state index in [9.17, 15) is 9.59 Å². The van der Waals surface area contributed by atoms with Gasteiger partial charge in [-0.2, -0.15) is 0 Å². The van der Waals surface area contributed by atoms with E-state index in [1.54, 1.807) is 35.9 Å². The van der Waals surface area contributed by atoms with Gasteiger partial charge >= 0.3 is 6.09 Å². The molecule has 0 spiro atoms. The number of nitrogens with two attached hydrogens (primary N) is 1. The number of nitrogens with zero attached hydrogens (tertiary/aromatic N) is 3. The number of anilines is 1. The van der Waals surface area contributed by atoms with Gasteiger partial charge in [-0.25, -0.2) is 4.79 Å². The van der Waals surface area contributed by atoms with Gasteiger partial charge in [-0.3, -0.25) is 9.69 Å². The lowest BCUT2D eigenvalue weighted by molar-refractivity contribution is 0.0992. The Balaban J connectivity index is 1.24. The zero-order valence-electron chi connectivity index (χ0n) is 18.7.